The van der Waals surface area contributed by atoms with Crippen molar-refractivity contribution in [2.75, 3.05) is 0 Å². The van der Waals surface area contributed by atoms with E-state index in [1.54, 1.807) is 6.07 Å². The Morgan fingerprint density at radius 3 is 2.80 bits per heavy atom. The van der Waals surface area contributed by atoms with Crippen LogP contribution in [0.4, 0.5) is 0 Å². The van der Waals surface area contributed by atoms with Crippen LogP contribution in [0, 0.1) is 11.3 Å². The van der Waals surface area contributed by atoms with E-state index in [0.29, 0.717) is 5.56 Å². The van der Waals surface area contributed by atoms with Gasteiger partial charge in [-0.3, -0.25) is 0 Å². The third-order valence-corrected chi connectivity index (χ3v) is 2.31. The molecule has 1 aromatic carbocycles. The minimum atomic E-state index is 0. The van der Waals surface area contributed by atoms with E-state index in [1.165, 1.54) is 0 Å². The first-order valence-electron chi connectivity index (χ1n) is 5.03. The van der Waals surface area contributed by atoms with E-state index < -0.39 is 0 Å². The number of benzene rings is 1. The second-order valence-electron chi connectivity index (χ2n) is 3.49. The third-order valence-electron chi connectivity index (χ3n) is 2.31. The van der Waals surface area contributed by atoms with Crippen molar-refractivity contribution < 1.29 is 0 Å². The Bertz CT molecular complexity index is 331. The molecule has 0 saturated carbocycles. The summed E-state index contributed by atoms with van der Waals surface area (Å²) >= 11 is 0. The number of nitriles is 1. The molecule has 0 saturated heterocycles. The van der Waals surface area contributed by atoms with E-state index in [2.05, 4.69) is 13.0 Å². The Balaban J connectivity index is 0.00000196. The highest BCUT2D eigenvalue weighted by atomic mass is 35.5. The molecule has 82 valence electrons. The number of halogens is 1. The van der Waals surface area contributed by atoms with Crippen molar-refractivity contribution in [3.05, 3.63) is 35.4 Å². The summed E-state index contributed by atoms with van der Waals surface area (Å²) in [5.41, 5.74) is 7.75. The van der Waals surface area contributed by atoms with Gasteiger partial charge in [-0.25, -0.2) is 0 Å². The maximum atomic E-state index is 8.73. The monoisotopic (exact) mass is 224 g/mol. The van der Waals surface area contributed by atoms with Crippen LogP contribution in [0.2, 0.25) is 0 Å². The molecule has 1 rings (SSSR count). The smallest absolute Gasteiger partial charge is 0.0991 e. The molecule has 0 aliphatic rings. The van der Waals surface area contributed by atoms with Gasteiger partial charge in [0.25, 0.3) is 0 Å². The molecule has 0 fully saturated rings. The van der Waals surface area contributed by atoms with E-state index in [-0.39, 0.29) is 18.4 Å². The summed E-state index contributed by atoms with van der Waals surface area (Å²) in [4.78, 5) is 0. The van der Waals surface area contributed by atoms with Gasteiger partial charge >= 0.3 is 0 Å². The van der Waals surface area contributed by atoms with Gasteiger partial charge in [0.2, 0.25) is 0 Å². The van der Waals surface area contributed by atoms with Crippen LogP contribution in [0.5, 0.6) is 0 Å². The molecule has 3 heteroatoms. The maximum Gasteiger partial charge on any atom is 0.0991 e. The lowest BCUT2D eigenvalue weighted by Crippen LogP contribution is -2.09. The molecule has 2 nitrogen and oxygen atoms in total. The van der Waals surface area contributed by atoms with Gasteiger partial charge in [0.1, 0.15) is 0 Å². The second-order valence-corrected chi connectivity index (χ2v) is 3.49. The van der Waals surface area contributed by atoms with E-state index in [0.717, 1.165) is 24.8 Å². The average molecular weight is 225 g/mol. The lowest BCUT2D eigenvalue weighted by atomic mass is 10.0. The van der Waals surface area contributed by atoms with Crippen molar-refractivity contribution in [3.8, 4) is 6.07 Å². The van der Waals surface area contributed by atoms with E-state index in [1.807, 2.05) is 18.2 Å². The van der Waals surface area contributed by atoms with Crippen molar-refractivity contribution in [2.45, 2.75) is 32.2 Å². The molecular formula is C12H17ClN2. The third kappa shape index (κ3) is 4.33. The SMILES string of the molecule is CCCC[C@@H](N)c1cccc(C#N)c1.Cl. The van der Waals surface area contributed by atoms with Crippen LogP contribution in [0.25, 0.3) is 0 Å². The lowest BCUT2D eigenvalue weighted by molar-refractivity contribution is 0.603. The summed E-state index contributed by atoms with van der Waals surface area (Å²) in [6, 6.07) is 9.75. The number of nitrogens with zero attached hydrogens (tertiary/aromatic N) is 1. The fraction of sp³-hybridized carbons (Fsp3) is 0.417. The molecule has 0 aliphatic carbocycles. The summed E-state index contributed by atoms with van der Waals surface area (Å²) in [7, 11) is 0. The van der Waals surface area contributed by atoms with E-state index >= 15 is 0 Å². The lowest BCUT2D eigenvalue weighted by Gasteiger charge is -2.11. The first-order valence-corrected chi connectivity index (χ1v) is 5.03. The van der Waals surface area contributed by atoms with Gasteiger partial charge < -0.3 is 5.73 Å². The second kappa shape index (κ2) is 7.28. The molecule has 2 N–H and O–H groups in total. The molecule has 0 bridgehead atoms. The molecule has 1 atom stereocenters. The fourth-order valence-electron chi connectivity index (χ4n) is 1.43. The van der Waals surface area contributed by atoms with Crippen LogP contribution < -0.4 is 5.73 Å². The minimum Gasteiger partial charge on any atom is -0.324 e. The Labute approximate surface area is 97.5 Å². The Morgan fingerprint density at radius 1 is 1.47 bits per heavy atom. The van der Waals surface area contributed by atoms with Crippen molar-refractivity contribution >= 4 is 12.4 Å². The molecule has 0 aliphatic heterocycles. The first kappa shape index (κ1) is 14.0. The average Bonchev–Trinajstić information content (AvgIpc) is 2.26. The van der Waals surface area contributed by atoms with Gasteiger partial charge in [-0.05, 0) is 24.1 Å². The molecule has 0 spiro atoms. The molecule has 0 radical (unpaired) electrons. The molecular weight excluding hydrogens is 208 g/mol. The topological polar surface area (TPSA) is 49.8 Å². The molecule has 0 aromatic heterocycles. The highest BCUT2D eigenvalue weighted by Crippen LogP contribution is 2.17. The number of rotatable bonds is 4. The van der Waals surface area contributed by atoms with E-state index in [4.69, 9.17) is 11.0 Å². The molecule has 0 unspecified atom stereocenters. The van der Waals surface area contributed by atoms with Crippen LogP contribution in [0.1, 0.15) is 43.4 Å². The van der Waals surface area contributed by atoms with Crippen LogP contribution in [-0.2, 0) is 0 Å². The summed E-state index contributed by atoms with van der Waals surface area (Å²) in [5.74, 6) is 0. The van der Waals surface area contributed by atoms with Crippen molar-refractivity contribution in [2.24, 2.45) is 5.73 Å². The Morgan fingerprint density at radius 2 is 2.20 bits per heavy atom. The largest absolute Gasteiger partial charge is 0.324 e. The molecule has 0 amide bonds. The summed E-state index contributed by atoms with van der Waals surface area (Å²) in [5, 5.41) is 8.73. The zero-order valence-electron chi connectivity index (χ0n) is 8.94. The highest BCUT2D eigenvalue weighted by molar-refractivity contribution is 5.85. The quantitative estimate of drug-likeness (QED) is 0.854. The Hall–Kier alpha value is -1.04. The normalized spacial score (nSPS) is 11.3. The standard InChI is InChI=1S/C12H16N2.ClH/c1-2-3-7-12(14)11-6-4-5-10(8-11)9-13;/h4-6,8,12H,2-3,7,14H2,1H3;1H/t12-;/m1./s1. The summed E-state index contributed by atoms with van der Waals surface area (Å²) in [6.45, 7) is 2.15. The van der Waals surface area contributed by atoms with Crippen LogP contribution in [-0.4, -0.2) is 0 Å². The zero-order valence-corrected chi connectivity index (χ0v) is 9.76. The van der Waals surface area contributed by atoms with E-state index in [9.17, 15) is 0 Å². The molecule has 15 heavy (non-hydrogen) atoms. The maximum absolute atomic E-state index is 8.73. The minimum absolute atomic E-state index is 0. The zero-order chi connectivity index (χ0) is 10.4. The van der Waals surface area contributed by atoms with Crippen LogP contribution >= 0.6 is 12.4 Å². The van der Waals surface area contributed by atoms with Gasteiger partial charge in [-0.2, -0.15) is 5.26 Å². The molecule has 0 heterocycles. The summed E-state index contributed by atoms with van der Waals surface area (Å²) in [6.07, 6.45) is 3.29. The van der Waals surface area contributed by atoms with Gasteiger partial charge in [-0.1, -0.05) is 31.9 Å². The number of unbranched alkanes of at least 4 members (excludes halogenated alkanes) is 1. The van der Waals surface area contributed by atoms with Crippen molar-refractivity contribution in [1.82, 2.24) is 0 Å². The van der Waals surface area contributed by atoms with Gasteiger partial charge in [0.15, 0.2) is 0 Å². The number of hydrogen-bond acceptors (Lipinski definition) is 2. The predicted octanol–water partition coefficient (Wildman–Crippen LogP) is 3.17. The number of hydrogen-bond donors (Lipinski definition) is 1. The van der Waals surface area contributed by atoms with Crippen molar-refractivity contribution in [3.63, 3.8) is 0 Å². The van der Waals surface area contributed by atoms with Gasteiger partial charge in [0, 0.05) is 6.04 Å². The van der Waals surface area contributed by atoms with Gasteiger partial charge in [-0.15, -0.1) is 12.4 Å². The van der Waals surface area contributed by atoms with Crippen molar-refractivity contribution in [1.29, 1.82) is 5.26 Å². The first-order chi connectivity index (χ1) is 6.77. The molecule has 1 aromatic rings. The fourth-order valence-corrected chi connectivity index (χ4v) is 1.43. The predicted molar refractivity (Wildman–Crippen MR) is 64.9 cm³/mol. The summed E-state index contributed by atoms with van der Waals surface area (Å²) < 4.78 is 0. The number of nitrogens with two attached hydrogens (primary N) is 1. The Kier molecular flexibility index (Phi) is 6.77. The highest BCUT2D eigenvalue weighted by Gasteiger charge is 2.05. The van der Waals surface area contributed by atoms with Crippen LogP contribution in [0.15, 0.2) is 24.3 Å². The van der Waals surface area contributed by atoms with Crippen LogP contribution in [0.3, 0.4) is 0 Å². The van der Waals surface area contributed by atoms with Gasteiger partial charge in [0.05, 0.1) is 11.6 Å².